The van der Waals surface area contributed by atoms with Gasteiger partial charge >= 0.3 is 0 Å². The molecule has 0 radical (unpaired) electrons. The van der Waals surface area contributed by atoms with Gasteiger partial charge in [0.1, 0.15) is 11.5 Å². The van der Waals surface area contributed by atoms with Gasteiger partial charge in [-0.3, -0.25) is 4.79 Å². The Hall–Kier alpha value is -3.06. The second-order valence-electron chi connectivity index (χ2n) is 6.05. The highest BCUT2D eigenvalue weighted by Gasteiger charge is 2.21. The number of para-hydroxylation sites is 1. The van der Waals surface area contributed by atoms with Crippen LogP contribution in [-0.2, 0) is 4.79 Å². The molecule has 1 N–H and O–H groups in total. The van der Waals surface area contributed by atoms with Crippen LogP contribution in [-0.4, -0.2) is 28.9 Å². The number of carbonyl (C=O) groups excluding carboxylic acids is 1. The van der Waals surface area contributed by atoms with Crippen molar-refractivity contribution < 1.29 is 18.9 Å². The molecule has 1 aromatic heterocycles. The summed E-state index contributed by atoms with van der Waals surface area (Å²) in [7, 11) is 0. The van der Waals surface area contributed by atoms with Crippen molar-refractivity contribution in [3.8, 4) is 22.8 Å². The molecule has 146 valence electrons. The Morgan fingerprint density at radius 2 is 2.00 bits per heavy atom. The number of rotatable bonds is 7. The lowest BCUT2D eigenvalue weighted by Gasteiger charge is -2.15. The molecule has 3 aromatic rings. The minimum atomic E-state index is -0.800. The average Bonchev–Trinajstić information content (AvgIpc) is 3.13. The molecule has 3 rings (SSSR count). The van der Waals surface area contributed by atoms with E-state index in [4.69, 9.17) is 25.7 Å². The molecule has 1 atom stereocenters. The van der Waals surface area contributed by atoms with Gasteiger partial charge in [-0.05, 0) is 67.0 Å². The normalized spacial score (nSPS) is 11.7. The van der Waals surface area contributed by atoms with E-state index < -0.39 is 12.0 Å². The Bertz CT molecular complexity index is 974. The highest BCUT2D eigenvalue weighted by molar-refractivity contribution is 6.32. The van der Waals surface area contributed by atoms with Crippen molar-refractivity contribution >= 4 is 23.3 Å². The molecule has 7 nitrogen and oxygen atoms in total. The molecule has 0 bridgehead atoms. The van der Waals surface area contributed by atoms with E-state index in [-0.39, 0.29) is 5.82 Å². The molecular formula is C20H20ClN3O4. The van der Waals surface area contributed by atoms with Crippen molar-refractivity contribution in [3.05, 3.63) is 53.1 Å². The number of amides is 1. The van der Waals surface area contributed by atoms with Gasteiger partial charge in [-0.1, -0.05) is 23.7 Å². The van der Waals surface area contributed by atoms with E-state index in [2.05, 4.69) is 15.6 Å². The summed E-state index contributed by atoms with van der Waals surface area (Å²) < 4.78 is 16.0. The highest BCUT2D eigenvalue weighted by Crippen LogP contribution is 2.29. The topological polar surface area (TPSA) is 86.5 Å². The van der Waals surface area contributed by atoms with E-state index in [1.54, 1.807) is 31.2 Å². The van der Waals surface area contributed by atoms with E-state index in [9.17, 15) is 4.79 Å². The van der Waals surface area contributed by atoms with Gasteiger partial charge in [-0.15, -0.1) is 0 Å². The van der Waals surface area contributed by atoms with E-state index >= 15 is 0 Å². The Labute approximate surface area is 167 Å². The Kier molecular flexibility index (Phi) is 6.16. The van der Waals surface area contributed by atoms with Crippen LogP contribution in [0.4, 0.5) is 5.82 Å². The number of nitrogens with one attached hydrogen (secondary N) is 1. The summed E-state index contributed by atoms with van der Waals surface area (Å²) in [4.78, 5) is 12.5. The first-order chi connectivity index (χ1) is 13.5. The smallest absolute Gasteiger partial charge is 0.266 e. The van der Waals surface area contributed by atoms with E-state index in [1.165, 1.54) is 0 Å². The van der Waals surface area contributed by atoms with Gasteiger partial charge in [0.25, 0.3) is 5.91 Å². The van der Waals surface area contributed by atoms with Crippen molar-refractivity contribution in [1.29, 1.82) is 0 Å². The maximum atomic E-state index is 12.5. The van der Waals surface area contributed by atoms with Gasteiger partial charge in [-0.25, -0.2) is 4.63 Å². The molecule has 28 heavy (non-hydrogen) atoms. The number of halogens is 1. The lowest BCUT2D eigenvalue weighted by atomic mass is 10.1. The van der Waals surface area contributed by atoms with Gasteiger partial charge in [-0.2, -0.15) is 0 Å². The average molecular weight is 402 g/mol. The molecule has 0 saturated carbocycles. The zero-order valence-electron chi connectivity index (χ0n) is 15.7. The largest absolute Gasteiger partial charge is 0.494 e. The zero-order chi connectivity index (χ0) is 20.1. The van der Waals surface area contributed by atoms with Crippen LogP contribution in [0.2, 0.25) is 5.02 Å². The number of hydrogen-bond acceptors (Lipinski definition) is 6. The number of hydrogen-bond donors (Lipinski definition) is 1. The first-order valence-corrected chi connectivity index (χ1v) is 9.15. The number of anilines is 1. The van der Waals surface area contributed by atoms with Crippen LogP contribution in [0.3, 0.4) is 0 Å². The van der Waals surface area contributed by atoms with E-state index in [0.29, 0.717) is 23.1 Å². The van der Waals surface area contributed by atoms with Crippen LogP contribution in [0.25, 0.3) is 11.3 Å². The third kappa shape index (κ3) is 4.43. The van der Waals surface area contributed by atoms with Crippen LogP contribution < -0.4 is 14.8 Å². The lowest BCUT2D eigenvalue weighted by molar-refractivity contribution is -0.122. The molecule has 0 aliphatic rings. The predicted molar refractivity (Wildman–Crippen MR) is 106 cm³/mol. The van der Waals surface area contributed by atoms with Gasteiger partial charge in [0, 0.05) is 5.56 Å². The summed E-state index contributed by atoms with van der Waals surface area (Å²) >= 11 is 6.07. The second kappa shape index (κ2) is 8.75. The summed E-state index contributed by atoms with van der Waals surface area (Å²) in [5.41, 5.74) is 2.11. The summed E-state index contributed by atoms with van der Waals surface area (Å²) in [6, 6.07) is 12.5. The molecular weight excluding hydrogens is 382 g/mol. The predicted octanol–water partition coefficient (Wildman–Crippen LogP) is 4.50. The summed E-state index contributed by atoms with van der Waals surface area (Å²) in [5.74, 6) is 1.02. The highest BCUT2D eigenvalue weighted by atomic mass is 35.5. The van der Waals surface area contributed by atoms with Crippen LogP contribution in [0.15, 0.2) is 47.1 Å². The molecule has 1 amide bonds. The van der Waals surface area contributed by atoms with Crippen LogP contribution in [0, 0.1) is 6.92 Å². The monoisotopic (exact) mass is 401 g/mol. The maximum absolute atomic E-state index is 12.5. The maximum Gasteiger partial charge on any atom is 0.266 e. The van der Waals surface area contributed by atoms with Crippen molar-refractivity contribution in [1.82, 2.24) is 10.3 Å². The minimum absolute atomic E-state index is 0.211. The Morgan fingerprint density at radius 3 is 2.71 bits per heavy atom. The SMILES string of the molecule is CCOc1ccc(-c2nonc2NC(=O)C(C)Oc2ccccc2Cl)cc1C. The number of nitrogens with zero attached hydrogens (tertiary/aromatic N) is 2. The third-order valence-corrected chi connectivity index (χ3v) is 4.30. The quantitative estimate of drug-likeness (QED) is 0.627. The van der Waals surface area contributed by atoms with Crippen molar-refractivity contribution in [2.45, 2.75) is 26.9 Å². The van der Waals surface area contributed by atoms with Gasteiger partial charge < -0.3 is 14.8 Å². The van der Waals surface area contributed by atoms with Crippen LogP contribution >= 0.6 is 11.6 Å². The number of ether oxygens (including phenoxy) is 2. The molecule has 0 spiro atoms. The molecule has 1 heterocycles. The fourth-order valence-electron chi connectivity index (χ4n) is 2.58. The van der Waals surface area contributed by atoms with Crippen molar-refractivity contribution in [2.24, 2.45) is 0 Å². The van der Waals surface area contributed by atoms with Crippen molar-refractivity contribution in [2.75, 3.05) is 11.9 Å². The minimum Gasteiger partial charge on any atom is -0.494 e. The zero-order valence-corrected chi connectivity index (χ0v) is 16.5. The number of aromatic nitrogens is 2. The molecule has 0 fully saturated rings. The molecule has 0 aliphatic carbocycles. The summed E-state index contributed by atoms with van der Waals surface area (Å²) in [5, 5.41) is 10.8. The number of benzene rings is 2. The second-order valence-corrected chi connectivity index (χ2v) is 6.46. The first kappa shape index (κ1) is 19.7. The van der Waals surface area contributed by atoms with Gasteiger partial charge in [0.05, 0.1) is 11.6 Å². The fraction of sp³-hybridized carbons (Fsp3) is 0.250. The molecule has 8 heteroatoms. The molecule has 0 aliphatic heterocycles. The van der Waals surface area contributed by atoms with Crippen LogP contribution in [0.1, 0.15) is 19.4 Å². The Balaban J connectivity index is 1.74. The van der Waals surface area contributed by atoms with E-state index in [1.807, 2.05) is 32.0 Å². The van der Waals surface area contributed by atoms with Crippen molar-refractivity contribution in [3.63, 3.8) is 0 Å². The standard InChI is InChI=1S/C20H20ClN3O4/c1-4-26-16-10-9-14(11-12(16)2)18-19(24-28-23-18)22-20(25)13(3)27-17-8-6-5-7-15(17)21/h5-11,13H,4H2,1-3H3,(H,22,24,25). The van der Waals surface area contributed by atoms with Gasteiger partial charge in [0.2, 0.25) is 5.82 Å². The fourth-order valence-corrected chi connectivity index (χ4v) is 2.76. The van der Waals surface area contributed by atoms with E-state index in [0.717, 1.165) is 16.9 Å². The third-order valence-electron chi connectivity index (χ3n) is 3.99. The molecule has 0 saturated heterocycles. The lowest BCUT2D eigenvalue weighted by Crippen LogP contribution is -2.30. The Morgan fingerprint density at radius 1 is 1.21 bits per heavy atom. The molecule has 1 unspecified atom stereocenters. The molecule has 2 aromatic carbocycles. The van der Waals surface area contributed by atoms with Crippen LogP contribution in [0.5, 0.6) is 11.5 Å². The number of aryl methyl sites for hydroxylation is 1. The number of carbonyl (C=O) groups is 1. The first-order valence-electron chi connectivity index (χ1n) is 8.78. The summed E-state index contributed by atoms with van der Waals surface area (Å²) in [6.07, 6.45) is -0.800. The summed E-state index contributed by atoms with van der Waals surface area (Å²) in [6.45, 7) is 6.05. The van der Waals surface area contributed by atoms with Gasteiger partial charge in [0.15, 0.2) is 11.8 Å².